The number of piperidine rings is 1. The van der Waals surface area contributed by atoms with Gasteiger partial charge in [-0.05, 0) is 62.3 Å². The second-order valence-electron chi connectivity index (χ2n) is 8.57. The maximum Gasteiger partial charge on any atom is 0.257 e. The van der Waals surface area contributed by atoms with E-state index in [-0.39, 0.29) is 11.5 Å². The zero-order chi connectivity index (χ0) is 22.4. The molecule has 1 atom stereocenters. The number of methoxy groups -OCH3 is 2. The van der Waals surface area contributed by atoms with Gasteiger partial charge in [0.05, 0.1) is 38.2 Å². The van der Waals surface area contributed by atoms with E-state index in [9.17, 15) is 4.79 Å². The molecule has 0 bridgehead atoms. The van der Waals surface area contributed by atoms with E-state index in [1.807, 2.05) is 17.0 Å². The summed E-state index contributed by atoms with van der Waals surface area (Å²) >= 11 is 0. The van der Waals surface area contributed by atoms with Gasteiger partial charge in [0.2, 0.25) is 0 Å². The molecule has 1 aromatic carbocycles. The van der Waals surface area contributed by atoms with E-state index in [4.69, 9.17) is 18.9 Å². The van der Waals surface area contributed by atoms with Crippen LogP contribution < -0.4 is 14.2 Å². The molecule has 2 fully saturated rings. The summed E-state index contributed by atoms with van der Waals surface area (Å²) in [5, 5.41) is 0. The van der Waals surface area contributed by atoms with Gasteiger partial charge in [0.25, 0.3) is 5.91 Å². The number of amides is 1. The van der Waals surface area contributed by atoms with E-state index in [0.29, 0.717) is 42.7 Å². The Kier molecular flexibility index (Phi) is 7.15. The van der Waals surface area contributed by atoms with E-state index >= 15 is 0 Å². The number of rotatable bonds is 7. The molecule has 0 aliphatic carbocycles. The molecule has 172 valence electrons. The third-order valence-corrected chi connectivity index (χ3v) is 6.63. The predicted octanol–water partition coefficient (Wildman–Crippen LogP) is 3.97. The number of hydrogen-bond acceptors (Lipinski definition) is 6. The lowest BCUT2D eigenvalue weighted by molar-refractivity contribution is -0.125. The molecule has 1 amide bonds. The van der Waals surface area contributed by atoms with Crippen molar-refractivity contribution < 1.29 is 23.7 Å². The molecule has 0 radical (unpaired) electrons. The van der Waals surface area contributed by atoms with Gasteiger partial charge in [-0.25, -0.2) is 0 Å². The minimum absolute atomic E-state index is 0.00316. The number of aromatic nitrogens is 1. The number of carbonyl (C=O) groups excluding carboxylic acids is 1. The third-order valence-electron chi connectivity index (χ3n) is 6.63. The SMILES string of the molecule is COc1ccc(C(=O)N2CCC3(CC2)CC(CCOc2cccnc2)CCO3)c(OC)c1. The Morgan fingerprint density at radius 3 is 2.75 bits per heavy atom. The maximum absolute atomic E-state index is 13.1. The highest BCUT2D eigenvalue weighted by atomic mass is 16.5. The van der Waals surface area contributed by atoms with Gasteiger partial charge in [-0.3, -0.25) is 9.78 Å². The molecule has 32 heavy (non-hydrogen) atoms. The number of carbonyl (C=O) groups is 1. The van der Waals surface area contributed by atoms with E-state index in [2.05, 4.69) is 4.98 Å². The number of nitrogens with zero attached hydrogens (tertiary/aromatic N) is 2. The summed E-state index contributed by atoms with van der Waals surface area (Å²) in [6.45, 7) is 2.84. The van der Waals surface area contributed by atoms with Crippen molar-refractivity contribution in [3.05, 3.63) is 48.3 Å². The van der Waals surface area contributed by atoms with Crippen LogP contribution in [-0.2, 0) is 4.74 Å². The third kappa shape index (κ3) is 5.15. The summed E-state index contributed by atoms with van der Waals surface area (Å²) in [6, 6.07) is 9.14. The minimum Gasteiger partial charge on any atom is -0.497 e. The van der Waals surface area contributed by atoms with Crippen molar-refractivity contribution >= 4 is 5.91 Å². The Balaban J connectivity index is 1.31. The summed E-state index contributed by atoms with van der Waals surface area (Å²) in [5.74, 6) is 2.60. The molecule has 3 heterocycles. The van der Waals surface area contributed by atoms with Gasteiger partial charge < -0.3 is 23.8 Å². The zero-order valence-corrected chi connectivity index (χ0v) is 18.9. The van der Waals surface area contributed by atoms with E-state index in [1.54, 1.807) is 44.8 Å². The lowest BCUT2D eigenvalue weighted by atomic mass is 9.78. The normalized spacial score (nSPS) is 20.1. The number of benzene rings is 1. The summed E-state index contributed by atoms with van der Waals surface area (Å²) in [4.78, 5) is 19.1. The fourth-order valence-electron chi connectivity index (χ4n) is 4.76. The fraction of sp³-hybridized carbons (Fsp3) is 0.520. The highest BCUT2D eigenvalue weighted by molar-refractivity contribution is 5.97. The van der Waals surface area contributed by atoms with E-state index < -0.39 is 0 Å². The van der Waals surface area contributed by atoms with Crippen LogP contribution >= 0.6 is 0 Å². The molecule has 2 aliphatic rings. The number of likely N-dealkylation sites (tertiary alicyclic amines) is 1. The van der Waals surface area contributed by atoms with Gasteiger partial charge in [0.1, 0.15) is 17.2 Å². The summed E-state index contributed by atoms with van der Waals surface area (Å²) in [6.07, 6.45) is 8.30. The largest absolute Gasteiger partial charge is 0.497 e. The van der Waals surface area contributed by atoms with Crippen molar-refractivity contribution in [2.24, 2.45) is 5.92 Å². The Morgan fingerprint density at radius 2 is 2.03 bits per heavy atom. The Morgan fingerprint density at radius 1 is 1.19 bits per heavy atom. The van der Waals surface area contributed by atoms with Crippen molar-refractivity contribution in [1.82, 2.24) is 9.88 Å². The molecule has 1 aromatic heterocycles. The van der Waals surface area contributed by atoms with Crippen LogP contribution in [0.2, 0.25) is 0 Å². The molecule has 1 spiro atoms. The second kappa shape index (κ2) is 10.2. The van der Waals surface area contributed by atoms with Crippen LogP contribution in [0.5, 0.6) is 17.2 Å². The molecule has 2 aromatic rings. The molecular formula is C25H32N2O5. The van der Waals surface area contributed by atoms with Crippen LogP contribution in [0, 0.1) is 5.92 Å². The molecular weight excluding hydrogens is 408 g/mol. The van der Waals surface area contributed by atoms with Crippen LogP contribution in [0.3, 0.4) is 0 Å². The fourth-order valence-corrected chi connectivity index (χ4v) is 4.76. The van der Waals surface area contributed by atoms with Crippen molar-refractivity contribution in [2.45, 2.75) is 37.7 Å². The number of pyridine rings is 1. The van der Waals surface area contributed by atoms with Crippen molar-refractivity contribution in [3.8, 4) is 17.2 Å². The van der Waals surface area contributed by atoms with Crippen molar-refractivity contribution in [3.63, 3.8) is 0 Å². The first-order chi connectivity index (χ1) is 15.6. The first-order valence-electron chi connectivity index (χ1n) is 11.3. The standard InChI is InChI=1S/C25H32N2O5/c1-29-20-5-6-22(23(16-20)30-2)24(28)27-12-9-25(10-13-27)17-19(8-15-32-25)7-14-31-21-4-3-11-26-18-21/h3-6,11,16,18-19H,7-10,12-15,17H2,1-2H3. The first-order valence-corrected chi connectivity index (χ1v) is 11.3. The second-order valence-corrected chi connectivity index (χ2v) is 8.57. The molecule has 0 saturated carbocycles. The lowest BCUT2D eigenvalue weighted by Gasteiger charge is -2.46. The minimum atomic E-state index is -0.127. The number of ether oxygens (including phenoxy) is 4. The van der Waals surface area contributed by atoms with Crippen LogP contribution in [0.25, 0.3) is 0 Å². The van der Waals surface area contributed by atoms with Crippen LogP contribution in [0.15, 0.2) is 42.7 Å². The van der Waals surface area contributed by atoms with Crippen LogP contribution in [-0.4, -0.2) is 61.9 Å². The van der Waals surface area contributed by atoms with Gasteiger partial charge in [-0.2, -0.15) is 0 Å². The average Bonchev–Trinajstić information content (AvgIpc) is 2.84. The lowest BCUT2D eigenvalue weighted by Crippen LogP contribution is -2.51. The van der Waals surface area contributed by atoms with Gasteiger partial charge in [0.15, 0.2) is 0 Å². The molecule has 2 saturated heterocycles. The monoisotopic (exact) mass is 440 g/mol. The first kappa shape index (κ1) is 22.4. The topological polar surface area (TPSA) is 70.1 Å². The van der Waals surface area contributed by atoms with E-state index in [0.717, 1.165) is 44.5 Å². The highest BCUT2D eigenvalue weighted by Crippen LogP contribution is 2.39. The zero-order valence-electron chi connectivity index (χ0n) is 18.9. The van der Waals surface area contributed by atoms with Crippen molar-refractivity contribution in [1.29, 1.82) is 0 Å². The number of hydrogen-bond donors (Lipinski definition) is 0. The molecule has 1 unspecified atom stereocenters. The van der Waals surface area contributed by atoms with Gasteiger partial charge in [-0.1, -0.05) is 0 Å². The summed E-state index contributed by atoms with van der Waals surface area (Å²) in [7, 11) is 3.17. The predicted molar refractivity (Wildman–Crippen MR) is 120 cm³/mol. The summed E-state index contributed by atoms with van der Waals surface area (Å²) < 4.78 is 22.8. The summed E-state index contributed by atoms with van der Waals surface area (Å²) in [5.41, 5.74) is 0.442. The quantitative estimate of drug-likeness (QED) is 0.649. The van der Waals surface area contributed by atoms with Gasteiger partial charge in [-0.15, -0.1) is 0 Å². The molecule has 7 heteroatoms. The van der Waals surface area contributed by atoms with Gasteiger partial charge in [0, 0.05) is 32.0 Å². The van der Waals surface area contributed by atoms with Crippen LogP contribution in [0.1, 0.15) is 42.5 Å². The molecule has 2 aliphatic heterocycles. The van der Waals surface area contributed by atoms with Crippen molar-refractivity contribution in [2.75, 3.05) is 40.5 Å². The molecule has 4 rings (SSSR count). The highest BCUT2D eigenvalue weighted by Gasteiger charge is 2.41. The maximum atomic E-state index is 13.1. The van der Waals surface area contributed by atoms with E-state index in [1.165, 1.54) is 0 Å². The molecule has 7 nitrogen and oxygen atoms in total. The smallest absolute Gasteiger partial charge is 0.257 e. The average molecular weight is 441 g/mol. The Hall–Kier alpha value is -2.80. The van der Waals surface area contributed by atoms with Gasteiger partial charge >= 0.3 is 0 Å². The Bertz CT molecular complexity index is 896. The molecule has 0 N–H and O–H groups in total. The Labute approximate surface area is 189 Å². The van der Waals surface area contributed by atoms with Crippen LogP contribution in [0.4, 0.5) is 0 Å².